The first-order valence-electron chi connectivity index (χ1n) is 8.51. The average Bonchev–Trinajstić information content (AvgIpc) is 2.59. The first-order chi connectivity index (χ1) is 12.5. The number of halogens is 1. The number of fused-ring (bicyclic) bond motifs is 2. The molecule has 1 aliphatic heterocycles. The summed E-state index contributed by atoms with van der Waals surface area (Å²) in [6, 6.07) is 5.31. The first kappa shape index (κ1) is 18.3. The second-order valence-electron chi connectivity index (χ2n) is 6.32. The van der Waals surface area contributed by atoms with Gasteiger partial charge in [0.1, 0.15) is 5.75 Å². The molecule has 2 N–H and O–H groups in total. The van der Waals surface area contributed by atoms with E-state index in [-0.39, 0.29) is 18.0 Å². The topological polar surface area (TPSA) is 71.2 Å². The number of carbonyl (C=O) groups excluding carboxylic acids is 1. The van der Waals surface area contributed by atoms with Crippen LogP contribution in [0.5, 0.6) is 5.75 Å². The van der Waals surface area contributed by atoms with Gasteiger partial charge in [-0.25, -0.2) is 0 Å². The van der Waals surface area contributed by atoms with E-state index in [1.165, 1.54) is 0 Å². The smallest absolute Gasteiger partial charge is 0.253 e. The summed E-state index contributed by atoms with van der Waals surface area (Å²) in [4.78, 5) is 27.9. The Morgan fingerprint density at radius 1 is 1.12 bits per heavy atom. The van der Waals surface area contributed by atoms with Crippen LogP contribution in [0.2, 0.25) is 5.02 Å². The van der Waals surface area contributed by atoms with Gasteiger partial charge in [0.15, 0.2) is 0 Å². The molecule has 0 bridgehead atoms. The normalized spacial score (nSPS) is 15.7. The number of nitrogens with one attached hydrogen (secondary N) is 2. The Balaban J connectivity index is 2.05. The van der Waals surface area contributed by atoms with Gasteiger partial charge in [-0.1, -0.05) is 23.8 Å². The van der Waals surface area contributed by atoms with Crippen molar-refractivity contribution in [3.63, 3.8) is 0 Å². The standard InChI is InChI=1S/C20H21ClN2O3/c1-12-8-13-6-4-3-5-7-15-16(9-14(21)10-18(15)26-2)19(24)22-11-17(13)20(25)23-12/h3,5,8-10H,4,6-7,11H2,1-2H3,(H,22,24)(H,23,25)/b5-3-. The summed E-state index contributed by atoms with van der Waals surface area (Å²) in [5.74, 6) is 0.305. The number of allylic oxidation sites excluding steroid dienone is 2. The number of benzene rings is 1. The minimum atomic E-state index is -0.277. The van der Waals surface area contributed by atoms with Crippen molar-refractivity contribution in [1.29, 1.82) is 0 Å². The summed E-state index contributed by atoms with van der Waals surface area (Å²) in [5.41, 5.74) is 3.45. The number of aromatic nitrogens is 1. The highest BCUT2D eigenvalue weighted by Gasteiger charge is 2.18. The highest BCUT2D eigenvalue weighted by Crippen LogP contribution is 2.28. The van der Waals surface area contributed by atoms with Crippen LogP contribution in [-0.4, -0.2) is 18.0 Å². The molecule has 1 amide bonds. The molecule has 26 heavy (non-hydrogen) atoms. The monoisotopic (exact) mass is 372 g/mol. The molecule has 0 saturated carbocycles. The predicted octanol–water partition coefficient (Wildman–Crippen LogP) is 3.32. The lowest BCUT2D eigenvalue weighted by Gasteiger charge is -2.16. The second kappa shape index (κ2) is 7.79. The van der Waals surface area contributed by atoms with Gasteiger partial charge in [-0.3, -0.25) is 9.59 Å². The summed E-state index contributed by atoms with van der Waals surface area (Å²) in [6.07, 6.45) is 6.22. The van der Waals surface area contributed by atoms with Crippen LogP contribution in [0.3, 0.4) is 0 Å². The lowest BCUT2D eigenvalue weighted by Crippen LogP contribution is -2.29. The van der Waals surface area contributed by atoms with Crippen LogP contribution in [0.15, 0.2) is 35.1 Å². The molecule has 2 aromatic rings. The Kier molecular flexibility index (Phi) is 5.47. The lowest BCUT2D eigenvalue weighted by atomic mass is 9.99. The van der Waals surface area contributed by atoms with E-state index in [4.69, 9.17) is 16.3 Å². The fourth-order valence-corrected chi connectivity index (χ4v) is 3.44. The van der Waals surface area contributed by atoms with Crippen LogP contribution >= 0.6 is 11.6 Å². The van der Waals surface area contributed by atoms with Gasteiger partial charge < -0.3 is 15.0 Å². The van der Waals surface area contributed by atoms with Gasteiger partial charge in [-0.05, 0) is 49.9 Å². The van der Waals surface area contributed by atoms with Crippen molar-refractivity contribution >= 4 is 17.5 Å². The van der Waals surface area contributed by atoms with Gasteiger partial charge in [0.05, 0.1) is 7.11 Å². The molecule has 0 spiro atoms. The minimum absolute atomic E-state index is 0.162. The van der Waals surface area contributed by atoms with E-state index in [9.17, 15) is 9.59 Å². The van der Waals surface area contributed by atoms with E-state index in [2.05, 4.69) is 16.4 Å². The van der Waals surface area contributed by atoms with E-state index in [0.29, 0.717) is 28.3 Å². The molecule has 5 nitrogen and oxygen atoms in total. The van der Waals surface area contributed by atoms with Gasteiger partial charge in [-0.2, -0.15) is 0 Å². The van der Waals surface area contributed by atoms with Crippen molar-refractivity contribution in [3.05, 3.63) is 73.7 Å². The maximum absolute atomic E-state index is 12.8. The number of rotatable bonds is 1. The summed E-state index contributed by atoms with van der Waals surface area (Å²) < 4.78 is 5.40. The summed E-state index contributed by atoms with van der Waals surface area (Å²) in [5, 5.41) is 3.29. The van der Waals surface area contributed by atoms with Gasteiger partial charge in [0, 0.05) is 34.0 Å². The molecular weight excluding hydrogens is 352 g/mol. The van der Waals surface area contributed by atoms with Crippen LogP contribution in [0.25, 0.3) is 0 Å². The van der Waals surface area contributed by atoms with Gasteiger partial charge in [-0.15, -0.1) is 0 Å². The predicted molar refractivity (Wildman–Crippen MR) is 102 cm³/mol. The number of aryl methyl sites for hydroxylation is 2. The Bertz CT molecular complexity index is 931. The molecule has 1 aliphatic rings. The summed E-state index contributed by atoms with van der Waals surface area (Å²) in [6.45, 7) is 2.03. The number of hydrogen-bond acceptors (Lipinski definition) is 3. The van der Waals surface area contributed by atoms with E-state index in [0.717, 1.165) is 29.7 Å². The zero-order chi connectivity index (χ0) is 18.7. The van der Waals surface area contributed by atoms with E-state index in [1.54, 1.807) is 19.2 Å². The summed E-state index contributed by atoms with van der Waals surface area (Å²) >= 11 is 6.14. The zero-order valence-corrected chi connectivity index (χ0v) is 15.6. The van der Waals surface area contributed by atoms with Gasteiger partial charge >= 0.3 is 0 Å². The molecule has 0 radical (unpaired) electrons. The van der Waals surface area contributed by atoms with Crippen molar-refractivity contribution in [2.45, 2.75) is 32.7 Å². The fourth-order valence-electron chi connectivity index (χ4n) is 3.23. The molecule has 0 aliphatic carbocycles. The number of aromatic amines is 1. The number of H-pyrrole nitrogens is 1. The molecule has 0 unspecified atom stereocenters. The van der Waals surface area contributed by atoms with Crippen molar-refractivity contribution in [2.24, 2.45) is 0 Å². The highest BCUT2D eigenvalue weighted by molar-refractivity contribution is 6.31. The molecule has 1 aromatic heterocycles. The molecule has 136 valence electrons. The van der Waals surface area contributed by atoms with Crippen molar-refractivity contribution in [2.75, 3.05) is 7.11 Å². The number of methoxy groups -OCH3 is 1. The van der Waals surface area contributed by atoms with Crippen molar-refractivity contribution < 1.29 is 9.53 Å². The maximum atomic E-state index is 12.8. The number of ether oxygens (including phenoxy) is 1. The zero-order valence-electron chi connectivity index (χ0n) is 14.8. The molecule has 2 heterocycles. The van der Waals surface area contributed by atoms with Crippen LogP contribution in [0, 0.1) is 6.92 Å². The second-order valence-corrected chi connectivity index (χ2v) is 6.75. The number of carbonyl (C=O) groups is 1. The Hall–Kier alpha value is -2.53. The first-order valence-corrected chi connectivity index (χ1v) is 8.88. The molecule has 3 rings (SSSR count). The Labute approximate surface area is 157 Å². The maximum Gasteiger partial charge on any atom is 0.253 e. The molecule has 1 aromatic carbocycles. The molecule has 6 heteroatoms. The average molecular weight is 373 g/mol. The molecule has 0 fully saturated rings. The Morgan fingerprint density at radius 3 is 2.69 bits per heavy atom. The highest BCUT2D eigenvalue weighted by atomic mass is 35.5. The molecule has 0 atom stereocenters. The van der Waals surface area contributed by atoms with Crippen LogP contribution in [0.4, 0.5) is 0 Å². The van der Waals surface area contributed by atoms with Crippen LogP contribution in [-0.2, 0) is 19.4 Å². The molecular formula is C20H21ClN2O3. The molecule has 0 saturated heterocycles. The van der Waals surface area contributed by atoms with Gasteiger partial charge in [0.25, 0.3) is 11.5 Å². The minimum Gasteiger partial charge on any atom is -0.496 e. The largest absolute Gasteiger partial charge is 0.496 e. The fraction of sp³-hybridized carbons (Fsp3) is 0.300. The number of amides is 1. The third-order valence-electron chi connectivity index (χ3n) is 4.50. The van der Waals surface area contributed by atoms with E-state index < -0.39 is 0 Å². The third-order valence-corrected chi connectivity index (χ3v) is 4.71. The number of hydrogen-bond donors (Lipinski definition) is 2. The van der Waals surface area contributed by atoms with E-state index >= 15 is 0 Å². The summed E-state index contributed by atoms with van der Waals surface area (Å²) in [7, 11) is 1.56. The van der Waals surface area contributed by atoms with Crippen LogP contribution < -0.4 is 15.6 Å². The van der Waals surface area contributed by atoms with Crippen molar-refractivity contribution in [3.8, 4) is 5.75 Å². The third kappa shape index (κ3) is 3.83. The Morgan fingerprint density at radius 2 is 1.92 bits per heavy atom. The van der Waals surface area contributed by atoms with Crippen molar-refractivity contribution in [1.82, 2.24) is 10.3 Å². The lowest BCUT2D eigenvalue weighted by molar-refractivity contribution is 0.0949. The SMILES string of the molecule is COc1cc(Cl)cc2c1C/C=C\CCc1cc(C)[nH]c(=O)c1CNC2=O. The van der Waals surface area contributed by atoms with Crippen LogP contribution in [0.1, 0.15) is 39.2 Å². The van der Waals surface area contributed by atoms with E-state index in [1.807, 2.05) is 19.1 Å². The van der Waals surface area contributed by atoms with Gasteiger partial charge in [0.2, 0.25) is 0 Å². The number of pyridine rings is 1. The quantitative estimate of drug-likeness (QED) is 0.754.